The third-order valence-electron chi connectivity index (χ3n) is 5.34. The zero-order chi connectivity index (χ0) is 18.7. The van der Waals surface area contributed by atoms with Gasteiger partial charge < -0.3 is 10.2 Å². The van der Waals surface area contributed by atoms with Gasteiger partial charge in [0.1, 0.15) is 0 Å². The Hall–Kier alpha value is -1.60. The fraction of sp³-hybridized carbons (Fsp3) is 0.611. The predicted octanol–water partition coefficient (Wildman–Crippen LogP) is 1.80. The molecule has 2 rings (SSSR count). The molecule has 0 amide bonds. The number of likely N-dealkylation sites (tertiary alicyclic amines) is 1. The van der Waals surface area contributed by atoms with E-state index in [1.807, 2.05) is 30.3 Å². The normalized spacial score (nSPS) is 19.4. The van der Waals surface area contributed by atoms with Crippen LogP contribution in [-0.2, 0) is 16.6 Å². The molecule has 1 aromatic carbocycles. The quantitative estimate of drug-likeness (QED) is 0.595. The maximum absolute atomic E-state index is 12.2. The van der Waals surface area contributed by atoms with Crippen LogP contribution in [0.25, 0.3) is 0 Å². The maximum Gasteiger partial charge on any atom is 0.213 e. The molecule has 0 atom stereocenters. The van der Waals surface area contributed by atoms with Gasteiger partial charge in [0.2, 0.25) is 10.0 Å². The first-order chi connectivity index (χ1) is 11.6. The molecular weight excluding hydrogens is 336 g/mol. The van der Waals surface area contributed by atoms with Gasteiger partial charge in [-0.25, -0.2) is 13.1 Å². The summed E-state index contributed by atoms with van der Waals surface area (Å²) in [6.07, 6.45) is 0. The first-order valence-electron chi connectivity index (χ1n) is 8.59. The molecule has 1 saturated heterocycles. The third-order valence-corrected chi connectivity index (χ3v) is 6.67. The average molecular weight is 367 g/mol. The molecule has 140 valence electrons. The van der Waals surface area contributed by atoms with Crippen LogP contribution in [0, 0.1) is 5.41 Å². The number of nitrogens with one attached hydrogen (secondary N) is 2. The minimum atomic E-state index is -3.34. The Kier molecular flexibility index (Phi) is 5.79. The Labute approximate surface area is 151 Å². The summed E-state index contributed by atoms with van der Waals surface area (Å²) in [6.45, 7) is 10.4. The van der Waals surface area contributed by atoms with Crippen LogP contribution in [0.5, 0.6) is 0 Å². The number of aliphatic imine (C=N–C) groups is 1. The first-order valence-corrected chi connectivity index (χ1v) is 10.2. The van der Waals surface area contributed by atoms with E-state index in [2.05, 4.69) is 47.6 Å². The van der Waals surface area contributed by atoms with Crippen LogP contribution in [0.3, 0.4) is 0 Å². The molecule has 2 N–H and O–H groups in total. The van der Waals surface area contributed by atoms with Crippen LogP contribution < -0.4 is 10.0 Å². The Morgan fingerprint density at radius 3 is 2.36 bits per heavy atom. The van der Waals surface area contributed by atoms with E-state index >= 15 is 0 Å². The van der Waals surface area contributed by atoms with Gasteiger partial charge >= 0.3 is 0 Å². The van der Waals surface area contributed by atoms with Gasteiger partial charge in [-0.3, -0.25) is 4.99 Å². The summed E-state index contributed by atoms with van der Waals surface area (Å²) in [5, 5.41) is 3.18. The topological polar surface area (TPSA) is 73.8 Å². The highest BCUT2D eigenvalue weighted by Gasteiger charge is 2.53. The van der Waals surface area contributed by atoms with E-state index in [1.54, 1.807) is 7.05 Å². The van der Waals surface area contributed by atoms with Crippen LogP contribution in [0.1, 0.15) is 33.3 Å². The summed E-state index contributed by atoms with van der Waals surface area (Å²) in [5.41, 5.74) is 1.13. The number of nitrogens with zero attached hydrogens (tertiary/aromatic N) is 2. The summed E-state index contributed by atoms with van der Waals surface area (Å²) in [5.74, 6) is 0.763. The molecule has 7 heteroatoms. The Balaban J connectivity index is 1.82. The fourth-order valence-corrected chi connectivity index (χ4v) is 3.76. The average Bonchev–Trinajstić information content (AvgIpc) is 2.56. The number of rotatable bonds is 6. The van der Waals surface area contributed by atoms with Gasteiger partial charge in [-0.2, -0.15) is 0 Å². The van der Waals surface area contributed by atoms with Crippen molar-refractivity contribution in [1.82, 2.24) is 14.9 Å². The first kappa shape index (κ1) is 19.7. The zero-order valence-corrected chi connectivity index (χ0v) is 16.7. The van der Waals surface area contributed by atoms with E-state index in [9.17, 15) is 8.42 Å². The highest BCUT2D eigenvalue weighted by molar-refractivity contribution is 7.89. The van der Waals surface area contributed by atoms with Crippen LogP contribution in [0.4, 0.5) is 0 Å². The smallest absolute Gasteiger partial charge is 0.213 e. The lowest BCUT2D eigenvalue weighted by Gasteiger charge is -2.62. The summed E-state index contributed by atoms with van der Waals surface area (Å²) in [6, 6.07) is 9.50. The zero-order valence-electron chi connectivity index (χ0n) is 15.8. The molecule has 6 nitrogen and oxygen atoms in total. The van der Waals surface area contributed by atoms with Crippen molar-refractivity contribution in [2.24, 2.45) is 10.4 Å². The molecule has 1 aromatic rings. The summed E-state index contributed by atoms with van der Waals surface area (Å²) >= 11 is 0. The van der Waals surface area contributed by atoms with Crippen molar-refractivity contribution in [3.05, 3.63) is 35.9 Å². The lowest BCUT2D eigenvalue weighted by Crippen LogP contribution is -2.72. The van der Waals surface area contributed by atoms with Crippen molar-refractivity contribution < 1.29 is 8.42 Å². The molecule has 1 fully saturated rings. The van der Waals surface area contributed by atoms with Gasteiger partial charge in [-0.1, -0.05) is 44.2 Å². The second-order valence-corrected chi connectivity index (χ2v) is 9.56. The largest absolute Gasteiger partial charge is 0.355 e. The van der Waals surface area contributed by atoms with E-state index in [-0.39, 0.29) is 16.7 Å². The van der Waals surface area contributed by atoms with Crippen molar-refractivity contribution in [3.63, 3.8) is 0 Å². The van der Waals surface area contributed by atoms with E-state index in [4.69, 9.17) is 0 Å². The molecule has 0 spiro atoms. The van der Waals surface area contributed by atoms with Crippen molar-refractivity contribution in [1.29, 1.82) is 0 Å². The highest BCUT2D eigenvalue weighted by atomic mass is 32.2. The van der Waals surface area contributed by atoms with Gasteiger partial charge in [-0.05, 0) is 19.4 Å². The molecule has 0 saturated carbocycles. The third kappa shape index (κ3) is 4.52. The Morgan fingerprint density at radius 1 is 1.20 bits per heavy atom. The van der Waals surface area contributed by atoms with E-state index in [0.29, 0.717) is 13.1 Å². The second kappa shape index (κ2) is 7.33. The van der Waals surface area contributed by atoms with E-state index < -0.39 is 10.0 Å². The van der Waals surface area contributed by atoms with Gasteiger partial charge in [0.05, 0.1) is 5.75 Å². The minimum absolute atomic E-state index is 0.0104. The number of hydrogen-bond donors (Lipinski definition) is 2. The number of sulfonamides is 1. The molecule has 0 aliphatic carbocycles. The minimum Gasteiger partial charge on any atom is -0.355 e. The maximum atomic E-state index is 12.2. The lowest BCUT2D eigenvalue weighted by molar-refractivity contribution is -0.0666. The summed E-state index contributed by atoms with van der Waals surface area (Å²) in [4.78, 5) is 6.49. The standard InChI is InChI=1S/C18H30N4O2S/c1-17(2)14-22(18(17,3)4)16(19-5)20-11-12-25(23,24)21-13-15-9-7-6-8-10-15/h6-10,21H,11-14H2,1-5H3,(H,19,20). The van der Waals surface area contributed by atoms with Crippen molar-refractivity contribution in [2.75, 3.05) is 25.9 Å². The van der Waals surface area contributed by atoms with Crippen molar-refractivity contribution in [3.8, 4) is 0 Å². The molecule has 0 radical (unpaired) electrons. The number of guanidine groups is 1. The van der Waals surface area contributed by atoms with Crippen LogP contribution >= 0.6 is 0 Å². The van der Waals surface area contributed by atoms with Gasteiger partial charge in [-0.15, -0.1) is 0 Å². The Bertz CT molecular complexity index is 712. The lowest BCUT2D eigenvalue weighted by atomic mass is 9.65. The number of hydrogen-bond acceptors (Lipinski definition) is 3. The summed E-state index contributed by atoms with van der Waals surface area (Å²) < 4.78 is 26.9. The molecular formula is C18H30N4O2S. The van der Waals surface area contributed by atoms with Crippen LogP contribution in [0.15, 0.2) is 35.3 Å². The summed E-state index contributed by atoms with van der Waals surface area (Å²) in [7, 11) is -1.61. The second-order valence-electron chi connectivity index (χ2n) is 7.63. The van der Waals surface area contributed by atoms with E-state index in [0.717, 1.165) is 18.1 Å². The molecule has 0 unspecified atom stereocenters. The SMILES string of the molecule is CN=C(NCCS(=O)(=O)NCc1ccccc1)N1CC(C)(C)C1(C)C. The van der Waals surface area contributed by atoms with E-state index in [1.165, 1.54) is 0 Å². The monoisotopic (exact) mass is 366 g/mol. The molecule has 1 heterocycles. The van der Waals surface area contributed by atoms with Crippen LogP contribution in [-0.4, -0.2) is 50.7 Å². The fourth-order valence-electron chi connectivity index (χ4n) is 2.85. The van der Waals surface area contributed by atoms with Gasteiger partial charge in [0, 0.05) is 37.6 Å². The highest BCUT2D eigenvalue weighted by Crippen LogP contribution is 2.46. The number of benzene rings is 1. The van der Waals surface area contributed by atoms with Crippen molar-refractivity contribution >= 4 is 16.0 Å². The van der Waals surface area contributed by atoms with Gasteiger partial charge in [0.15, 0.2) is 5.96 Å². The molecule has 0 bridgehead atoms. The predicted molar refractivity (Wildman–Crippen MR) is 103 cm³/mol. The van der Waals surface area contributed by atoms with Crippen LogP contribution in [0.2, 0.25) is 0 Å². The molecule has 1 aliphatic heterocycles. The van der Waals surface area contributed by atoms with Crippen molar-refractivity contribution in [2.45, 2.75) is 39.8 Å². The molecule has 0 aromatic heterocycles. The molecule has 25 heavy (non-hydrogen) atoms. The molecule has 1 aliphatic rings. The Morgan fingerprint density at radius 2 is 1.84 bits per heavy atom. The van der Waals surface area contributed by atoms with Gasteiger partial charge in [0.25, 0.3) is 0 Å².